The van der Waals surface area contributed by atoms with E-state index in [1.165, 1.54) is 24.3 Å². The maximum absolute atomic E-state index is 13.2. The molecule has 1 fully saturated rings. The van der Waals surface area contributed by atoms with Gasteiger partial charge in [-0.25, -0.2) is 4.79 Å². The molecule has 0 aliphatic carbocycles. The van der Waals surface area contributed by atoms with Crippen LogP contribution in [0.25, 0.3) is 10.8 Å². The zero-order valence-corrected chi connectivity index (χ0v) is 19.4. The number of aliphatic carboxylic acids is 1. The average molecular weight is 506 g/mol. The summed E-state index contributed by atoms with van der Waals surface area (Å²) in [7, 11) is 0. The van der Waals surface area contributed by atoms with Gasteiger partial charge in [0.25, 0.3) is 5.91 Å². The zero-order valence-electron chi connectivity index (χ0n) is 18.6. The summed E-state index contributed by atoms with van der Waals surface area (Å²) >= 11 is -0.202. The predicted octanol–water partition coefficient (Wildman–Crippen LogP) is 5.25. The number of alkyl halides is 3. The number of hydrogen-bond donors (Lipinski definition) is 2. The molecule has 0 aromatic heterocycles. The van der Waals surface area contributed by atoms with Crippen molar-refractivity contribution in [3.05, 3.63) is 71.8 Å². The number of nitrogens with one attached hydrogen (secondary N) is 1. The van der Waals surface area contributed by atoms with Crippen LogP contribution in [0.5, 0.6) is 5.75 Å². The largest absolute Gasteiger partial charge is 0.487 e. The molecule has 1 aliphatic rings. The summed E-state index contributed by atoms with van der Waals surface area (Å²) in [5.74, 6) is -1.51. The van der Waals surface area contributed by atoms with Gasteiger partial charge in [-0.15, -0.1) is 0 Å². The summed E-state index contributed by atoms with van der Waals surface area (Å²) in [6, 6.07) is 15.2. The summed E-state index contributed by atoms with van der Waals surface area (Å²) in [6.45, 7) is 2.16. The number of rotatable bonds is 8. The first kappa shape index (κ1) is 24.9. The van der Waals surface area contributed by atoms with Gasteiger partial charge in [-0.1, -0.05) is 49.4 Å². The summed E-state index contributed by atoms with van der Waals surface area (Å²) in [5.41, 5.74) is -4.34. The predicted molar refractivity (Wildman–Crippen MR) is 124 cm³/mol. The highest BCUT2D eigenvalue weighted by atomic mass is 32.2. The Morgan fingerprint density at radius 1 is 1.11 bits per heavy atom. The van der Waals surface area contributed by atoms with Crippen molar-refractivity contribution in [3.63, 3.8) is 0 Å². The minimum atomic E-state index is -4.38. The number of benzene rings is 3. The number of halogens is 3. The monoisotopic (exact) mass is 505 g/mol. The molecular weight excluding hydrogens is 483 g/mol. The lowest BCUT2D eigenvalue weighted by atomic mass is 9.80. The Hall–Kier alpha value is -3.24. The number of carbonyl (C=O) groups is 2. The fraction of sp³-hybridized carbons (Fsp3) is 0.280. The Bertz CT molecular complexity index is 1240. The van der Waals surface area contributed by atoms with Crippen LogP contribution in [0.3, 0.4) is 0 Å². The second-order valence-electron chi connectivity index (χ2n) is 8.54. The van der Waals surface area contributed by atoms with E-state index >= 15 is 0 Å². The van der Waals surface area contributed by atoms with Gasteiger partial charge in [0.15, 0.2) is 0 Å². The molecule has 35 heavy (non-hydrogen) atoms. The van der Waals surface area contributed by atoms with Crippen molar-refractivity contribution in [2.45, 2.75) is 30.0 Å². The number of carbonyl (C=O) groups excluding carboxylic acids is 1. The van der Waals surface area contributed by atoms with Crippen LogP contribution < -0.4 is 10.1 Å². The molecule has 1 amide bonds. The van der Waals surface area contributed by atoms with Crippen LogP contribution in [-0.4, -0.2) is 41.7 Å². The van der Waals surface area contributed by atoms with Crippen LogP contribution in [0.4, 0.5) is 13.2 Å². The second-order valence-corrected chi connectivity index (χ2v) is 9.67. The lowest BCUT2D eigenvalue weighted by Gasteiger charge is -2.42. The molecule has 0 spiro atoms. The summed E-state index contributed by atoms with van der Waals surface area (Å²) < 4.78 is 48.9. The highest BCUT2D eigenvalue weighted by Gasteiger charge is 2.46. The fourth-order valence-electron chi connectivity index (χ4n) is 3.85. The van der Waals surface area contributed by atoms with Crippen molar-refractivity contribution >= 4 is 34.4 Å². The lowest BCUT2D eigenvalue weighted by molar-refractivity contribution is -0.160. The molecule has 3 aromatic carbocycles. The van der Waals surface area contributed by atoms with Crippen LogP contribution in [0.15, 0.2) is 65.6 Å². The van der Waals surface area contributed by atoms with Gasteiger partial charge in [0.05, 0.1) is 18.8 Å². The van der Waals surface area contributed by atoms with Crippen molar-refractivity contribution in [2.24, 2.45) is 5.41 Å². The van der Waals surface area contributed by atoms with Gasteiger partial charge in [0.2, 0.25) is 0 Å². The molecule has 1 atom stereocenters. The SMILES string of the molecule is CC1(C(NC(=O)c2ccc3ccccc3c2OCc2ccc(SC(F)(F)F)cc2)C(=O)O)COC1. The number of thioether (sulfide) groups is 1. The Kier molecular flexibility index (Phi) is 6.95. The minimum absolute atomic E-state index is 0.000827. The third-order valence-corrected chi connectivity index (χ3v) is 6.49. The molecule has 1 heterocycles. The number of fused-ring (bicyclic) bond motifs is 1. The third kappa shape index (κ3) is 5.71. The molecule has 184 valence electrons. The zero-order chi connectivity index (χ0) is 25.2. The lowest BCUT2D eigenvalue weighted by Crippen LogP contribution is -2.59. The van der Waals surface area contributed by atoms with E-state index in [9.17, 15) is 27.9 Å². The summed E-state index contributed by atoms with van der Waals surface area (Å²) in [5, 5.41) is 13.7. The van der Waals surface area contributed by atoms with E-state index in [-0.39, 0.29) is 47.8 Å². The van der Waals surface area contributed by atoms with E-state index in [2.05, 4.69) is 5.32 Å². The molecule has 0 radical (unpaired) electrons. The highest BCUT2D eigenvalue weighted by molar-refractivity contribution is 8.00. The molecule has 10 heteroatoms. The average Bonchev–Trinajstić information content (AvgIpc) is 2.79. The van der Waals surface area contributed by atoms with Crippen molar-refractivity contribution in [1.29, 1.82) is 0 Å². The second kappa shape index (κ2) is 9.79. The number of amides is 1. The molecular formula is C25H22F3NO5S. The molecule has 1 saturated heterocycles. The fourth-order valence-corrected chi connectivity index (χ4v) is 4.39. The summed E-state index contributed by atoms with van der Waals surface area (Å²) in [6.07, 6.45) is 0. The molecule has 2 N–H and O–H groups in total. The van der Waals surface area contributed by atoms with Gasteiger partial charge in [0, 0.05) is 15.7 Å². The molecule has 4 rings (SSSR count). The Balaban J connectivity index is 1.59. The Morgan fingerprint density at radius 3 is 2.40 bits per heavy atom. The van der Waals surface area contributed by atoms with Gasteiger partial charge in [-0.3, -0.25) is 4.79 Å². The smallest absolute Gasteiger partial charge is 0.446 e. The van der Waals surface area contributed by atoms with E-state index in [4.69, 9.17) is 9.47 Å². The van der Waals surface area contributed by atoms with Crippen molar-refractivity contribution < 1.29 is 37.3 Å². The van der Waals surface area contributed by atoms with E-state index in [1.807, 2.05) is 12.1 Å². The van der Waals surface area contributed by atoms with Gasteiger partial charge in [-0.2, -0.15) is 13.2 Å². The molecule has 3 aromatic rings. The van der Waals surface area contributed by atoms with Crippen LogP contribution >= 0.6 is 11.8 Å². The Morgan fingerprint density at radius 2 is 1.80 bits per heavy atom. The minimum Gasteiger partial charge on any atom is -0.487 e. The highest BCUT2D eigenvalue weighted by Crippen LogP contribution is 2.37. The molecule has 1 unspecified atom stereocenters. The van der Waals surface area contributed by atoms with Gasteiger partial charge in [-0.05, 0) is 40.9 Å². The molecule has 0 saturated carbocycles. The topological polar surface area (TPSA) is 84.9 Å². The van der Waals surface area contributed by atoms with Crippen molar-refractivity contribution in [2.75, 3.05) is 13.2 Å². The molecule has 1 aliphatic heterocycles. The quantitative estimate of drug-likeness (QED) is 0.407. The van der Waals surface area contributed by atoms with Crippen molar-refractivity contribution in [1.82, 2.24) is 5.32 Å². The van der Waals surface area contributed by atoms with Gasteiger partial charge < -0.3 is 19.9 Å². The first-order valence-corrected chi connectivity index (χ1v) is 11.5. The van der Waals surface area contributed by atoms with Crippen LogP contribution in [0.2, 0.25) is 0 Å². The molecule has 0 bridgehead atoms. The standard InChI is InChI=1S/C25H22F3NO5S/c1-24(13-33-14-24)21(23(31)32)29-22(30)19-11-8-16-4-2-3-5-18(16)20(19)34-12-15-6-9-17(10-7-15)35-25(26,27)28/h2-11,21H,12-14H2,1H3,(H,29,30)(H,31,32). The maximum atomic E-state index is 13.2. The number of hydrogen-bond acceptors (Lipinski definition) is 5. The maximum Gasteiger partial charge on any atom is 0.446 e. The van der Waals surface area contributed by atoms with E-state index in [0.29, 0.717) is 10.9 Å². The number of carboxylic acid groups (broad SMARTS) is 1. The first-order chi connectivity index (χ1) is 16.6. The van der Waals surface area contributed by atoms with Gasteiger partial charge >= 0.3 is 11.5 Å². The number of ether oxygens (including phenoxy) is 2. The van der Waals surface area contributed by atoms with Crippen molar-refractivity contribution in [3.8, 4) is 5.75 Å². The van der Waals surface area contributed by atoms with Crippen LogP contribution in [0, 0.1) is 5.41 Å². The number of carboxylic acids is 1. The Labute approximate surface area is 203 Å². The van der Waals surface area contributed by atoms with E-state index < -0.39 is 28.8 Å². The first-order valence-electron chi connectivity index (χ1n) is 10.7. The van der Waals surface area contributed by atoms with Crippen LogP contribution in [-0.2, 0) is 16.1 Å². The van der Waals surface area contributed by atoms with Gasteiger partial charge in [0.1, 0.15) is 18.4 Å². The normalized spacial score (nSPS) is 15.8. The summed E-state index contributed by atoms with van der Waals surface area (Å²) in [4.78, 5) is 25.1. The third-order valence-electron chi connectivity index (χ3n) is 5.75. The molecule has 6 nitrogen and oxygen atoms in total. The van der Waals surface area contributed by atoms with E-state index in [1.54, 1.807) is 31.2 Å². The van der Waals surface area contributed by atoms with Crippen LogP contribution in [0.1, 0.15) is 22.8 Å². The van der Waals surface area contributed by atoms with E-state index in [0.717, 1.165) is 5.39 Å².